The Balaban J connectivity index is 1.41. The van der Waals surface area contributed by atoms with E-state index in [-0.39, 0.29) is 24.3 Å². The van der Waals surface area contributed by atoms with Gasteiger partial charge in [0.1, 0.15) is 6.04 Å². The topological polar surface area (TPSA) is 111 Å². The van der Waals surface area contributed by atoms with Gasteiger partial charge < -0.3 is 19.5 Å². The van der Waals surface area contributed by atoms with Gasteiger partial charge in [0.2, 0.25) is 6.79 Å². The zero-order valence-electron chi connectivity index (χ0n) is 17.2. The van der Waals surface area contributed by atoms with Gasteiger partial charge in [-0.1, -0.05) is 12.1 Å². The molecular weight excluding hydrogens is 436 g/mol. The molecule has 166 valence electrons. The smallest absolute Gasteiger partial charge is 0.329 e. The third-order valence-electron chi connectivity index (χ3n) is 5.01. The number of carbonyl (C=O) groups is 4. The summed E-state index contributed by atoms with van der Waals surface area (Å²) in [5.74, 6) is -0.861. The predicted molar refractivity (Wildman–Crippen MR) is 116 cm³/mol. The predicted octanol–water partition coefficient (Wildman–Crippen LogP) is 2.31. The molecule has 3 amide bonds. The number of carbonyl (C=O) groups excluding carboxylic acids is 4. The van der Waals surface area contributed by atoms with Crippen LogP contribution in [0.4, 0.5) is 5.69 Å². The molecule has 9 nitrogen and oxygen atoms in total. The highest BCUT2D eigenvalue weighted by molar-refractivity contribution is 7.98. The highest BCUT2D eigenvalue weighted by Crippen LogP contribution is 2.34. The van der Waals surface area contributed by atoms with Crippen molar-refractivity contribution >= 4 is 41.1 Å². The first-order valence-electron chi connectivity index (χ1n) is 9.81. The lowest BCUT2D eigenvalue weighted by Gasteiger charge is -2.24. The molecule has 0 saturated heterocycles. The van der Waals surface area contributed by atoms with Crippen molar-refractivity contribution in [1.82, 2.24) is 4.90 Å². The van der Waals surface area contributed by atoms with E-state index in [1.54, 1.807) is 42.5 Å². The summed E-state index contributed by atoms with van der Waals surface area (Å²) >= 11 is 1.47. The van der Waals surface area contributed by atoms with Crippen LogP contribution in [0.2, 0.25) is 0 Å². The molecule has 0 saturated carbocycles. The van der Waals surface area contributed by atoms with Crippen molar-refractivity contribution in [1.29, 1.82) is 0 Å². The summed E-state index contributed by atoms with van der Waals surface area (Å²) in [6.07, 6.45) is 2.07. The summed E-state index contributed by atoms with van der Waals surface area (Å²) in [5, 5.41) is 2.61. The SMILES string of the molecule is CSCC[C@@H](C(=O)OCC(=O)Nc1ccc2c(c1)OCO2)N1C(=O)c2ccccc2C1=O. The van der Waals surface area contributed by atoms with Gasteiger partial charge >= 0.3 is 5.97 Å². The van der Waals surface area contributed by atoms with Crippen LogP contribution in [0.1, 0.15) is 27.1 Å². The summed E-state index contributed by atoms with van der Waals surface area (Å²) in [4.78, 5) is 51.5. The van der Waals surface area contributed by atoms with Gasteiger partial charge in [-0.3, -0.25) is 19.3 Å². The van der Waals surface area contributed by atoms with Gasteiger partial charge in [-0.15, -0.1) is 0 Å². The molecule has 1 N–H and O–H groups in total. The van der Waals surface area contributed by atoms with E-state index in [9.17, 15) is 19.2 Å². The minimum absolute atomic E-state index is 0.111. The fourth-order valence-electron chi connectivity index (χ4n) is 3.48. The number of imide groups is 1. The maximum absolute atomic E-state index is 12.8. The van der Waals surface area contributed by atoms with E-state index in [0.29, 0.717) is 22.9 Å². The molecule has 2 aromatic rings. The zero-order valence-corrected chi connectivity index (χ0v) is 18.0. The number of amides is 3. The van der Waals surface area contributed by atoms with Crippen LogP contribution >= 0.6 is 11.8 Å². The maximum atomic E-state index is 12.8. The molecule has 10 heteroatoms. The van der Waals surface area contributed by atoms with Crippen LogP contribution in [0.3, 0.4) is 0 Å². The molecule has 0 spiro atoms. The number of thioether (sulfide) groups is 1. The van der Waals surface area contributed by atoms with E-state index in [1.807, 2.05) is 6.26 Å². The molecule has 0 fully saturated rings. The molecule has 2 heterocycles. The van der Waals surface area contributed by atoms with Crippen LogP contribution in [0, 0.1) is 0 Å². The Morgan fingerprint density at radius 3 is 2.47 bits per heavy atom. The van der Waals surface area contributed by atoms with Gasteiger partial charge in [0.25, 0.3) is 17.7 Å². The number of rotatable bonds is 8. The molecule has 1 atom stereocenters. The van der Waals surface area contributed by atoms with E-state index in [1.165, 1.54) is 11.8 Å². The number of ether oxygens (including phenoxy) is 3. The Morgan fingerprint density at radius 2 is 1.78 bits per heavy atom. The molecule has 0 aliphatic carbocycles. The van der Waals surface area contributed by atoms with Gasteiger partial charge in [0.05, 0.1) is 11.1 Å². The molecule has 0 radical (unpaired) electrons. The second-order valence-corrected chi connectivity index (χ2v) is 8.03. The minimum Gasteiger partial charge on any atom is -0.454 e. The third kappa shape index (κ3) is 4.26. The van der Waals surface area contributed by atoms with E-state index >= 15 is 0 Å². The molecular formula is C22H20N2O7S. The lowest BCUT2D eigenvalue weighted by molar-refractivity contribution is -0.151. The Labute approximate surface area is 188 Å². The summed E-state index contributed by atoms with van der Waals surface area (Å²) in [7, 11) is 0. The first-order valence-corrected chi connectivity index (χ1v) is 11.2. The van der Waals surface area contributed by atoms with E-state index < -0.39 is 36.3 Å². The molecule has 2 aliphatic heterocycles. The van der Waals surface area contributed by atoms with Gasteiger partial charge in [-0.25, -0.2) is 4.79 Å². The number of hydrogen-bond donors (Lipinski definition) is 1. The highest BCUT2D eigenvalue weighted by Gasteiger charge is 2.43. The Hall–Kier alpha value is -3.53. The number of hydrogen-bond acceptors (Lipinski definition) is 8. The Kier molecular flexibility index (Phi) is 6.31. The van der Waals surface area contributed by atoms with Crippen LogP contribution in [-0.4, -0.2) is 60.0 Å². The van der Waals surface area contributed by atoms with E-state index in [4.69, 9.17) is 14.2 Å². The van der Waals surface area contributed by atoms with Crippen LogP contribution in [-0.2, 0) is 14.3 Å². The van der Waals surface area contributed by atoms with Gasteiger partial charge in [-0.05, 0) is 42.7 Å². The molecule has 0 unspecified atom stereocenters. The van der Waals surface area contributed by atoms with Crippen molar-refractivity contribution in [2.75, 3.05) is 30.7 Å². The zero-order chi connectivity index (χ0) is 22.7. The number of benzene rings is 2. The van der Waals surface area contributed by atoms with Crippen molar-refractivity contribution in [3.8, 4) is 11.5 Å². The van der Waals surface area contributed by atoms with E-state index in [2.05, 4.69) is 5.32 Å². The lowest BCUT2D eigenvalue weighted by Crippen LogP contribution is -2.46. The monoisotopic (exact) mass is 456 g/mol. The second-order valence-electron chi connectivity index (χ2n) is 7.05. The molecule has 0 bridgehead atoms. The first-order chi connectivity index (χ1) is 15.5. The van der Waals surface area contributed by atoms with Crippen LogP contribution in [0.15, 0.2) is 42.5 Å². The van der Waals surface area contributed by atoms with Crippen molar-refractivity contribution < 1.29 is 33.4 Å². The number of nitrogens with one attached hydrogen (secondary N) is 1. The first kappa shape index (κ1) is 21.7. The van der Waals surface area contributed by atoms with Gasteiger partial charge in [0, 0.05) is 11.8 Å². The van der Waals surface area contributed by atoms with Crippen molar-refractivity contribution in [2.24, 2.45) is 0 Å². The van der Waals surface area contributed by atoms with Crippen molar-refractivity contribution in [3.05, 3.63) is 53.6 Å². The van der Waals surface area contributed by atoms with Crippen LogP contribution in [0.5, 0.6) is 11.5 Å². The maximum Gasteiger partial charge on any atom is 0.329 e. The molecule has 4 rings (SSSR count). The average Bonchev–Trinajstić information content (AvgIpc) is 3.36. The highest BCUT2D eigenvalue weighted by atomic mass is 32.2. The minimum atomic E-state index is -1.12. The fourth-order valence-corrected chi connectivity index (χ4v) is 3.94. The second kappa shape index (κ2) is 9.31. The third-order valence-corrected chi connectivity index (χ3v) is 5.65. The lowest BCUT2D eigenvalue weighted by atomic mass is 10.1. The van der Waals surface area contributed by atoms with Crippen LogP contribution < -0.4 is 14.8 Å². The summed E-state index contributed by atoms with van der Waals surface area (Å²) in [6, 6.07) is 10.2. The Morgan fingerprint density at radius 1 is 1.09 bits per heavy atom. The van der Waals surface area contributed by atoms with Gasteiger partial charge in [-0.2, -0.15) is 11.8 Å². The normalized spacial score (nSPS) is 14.8. The average molecular weight is 456 g/mol. The number of nitrogens with zero attached hydrogens (tertiary/aromatic N) is 1. The summed E-state index contributed by atoms with van der Waals surface area (Å²) < 4.78 is 15.7. The molecule has 0 aromatic heterocycles. The van der Waals surface area contributed by atoms with Crippen molar-refractivity contribution in [3.63, 3.8) is 0 Å². The largest absolute Gasteiger partial charge is 0.454 e. The molecule has 2 aromatic carbocycles. The summed E-state index contributed by atoms with van der Waals surface area (Å²) in [6.45, 7) is -0.453. The van der Waals surface area contributed by atoms with Crippen LogP contribution in [0.25, 0.3) is 0 Å². The van der Waals surface area contributed by atoms with Crippen molar-refractivity contribution in [2.45, 2.75) is 12.5 Å². The number of anilines is 1. The number of fused-ring (bicyclic) bond motifs is 2. The molecule has 2 aliphatic rings. The summed E-state index contributed by atoms with van der Waals surface area (Å²) in [5.41, 5.74) is 0.953. The Bertz CT molecular complexity index is 1050. The standard InChI is InChI=1S/C22H20N2O7S/c1-32-9-8-16(24-20(26)14-4-2-3-5-15(14)21(24)27)22(28)29-11-19(25)23-13-6-7-17-18(10-13)31-12-30-17/h2-7,10,16H,8-9,11-12H2,1H3,(H,23,25)/t16-/m0/s1. The quantitative estimate of drug-likeness (QED) is 0.476. The molecule has 32 heavy (non-hydrogen) atoms. The number of esters is 1. The fraction of sp³-hybridized carbons (Fsp3) is 0.273. The van der Waals surface area contributed by atoms with Gasteiger partial charge in [0.15, 0.2) is 18.1 Å². The van der Waals surface area contributed by atoms with E-state index in [0.717, 1.165) is 4.90 Å².